The van der Waals surface area contributed by atoms with Gasteiger partial charge in [0.15, 0.2) is 16.3 Å². The van der Waals surface area contributed by atoms with Crippen LogP contribution < -0.4 is 39.2 Å². The third-order valence-electron chi connectivity index (χ3n) is 6.82. The van der Waals surface area contributed by atoms with Crippen molar-refractivity contribution in [3.8, 4) is 23.0 Å². The Bertz CT molecular complexity index is 1840. The Morgan fingerprint density at radius 3 is 2.43 bits per heavy atom. The second-order valence-electron chi connectivity index (χ2n) is 9.35. The Morgan fingerprint density at radius 1 is 0.976 bits per heavy atom. The molecule has 0 bridgehead atoms. The summed E-state index contributed by atoms with van der Waals surface area (Å²) >= 11 is 1.25. The minimum absolute atomic E-state index is 0.284. The molecule has 0 spiro atoms. The molecule has 1 aromatic heterocycles. The van der Waals surface area contributed by atoms with Crippen LogP contribution in [0.2, 0.25) is 0 Å². The number of allylic oxidation sites excluding steroid dienone is 1. The fourth-order valence-corrected chi connectivity index (χ4v) is 5.92. The average molecular weight is 586 g/mol. The first kappa shape index (κ1) is 28.7. The number of thiazole rings is 1. The molecule has 3 aromatic carbocycles. The van der Waals surface area contributed by atoms with Gasteiger partial charge < -0.3 is 24.3 Å². The van der Waals surface area contributed by atoms with Gasteiger partial charge in [-0.2, -0.15) is 0 Å². The van der Waals surface area contributed by atoms with E-state index in [1.807, 2.05) is 43.3 Å². The number of anilines is 1. The van der Waals surface area contributed by atoms with Gasteiger partial charge in [0, 0.05) is 17.3 Å². The van der Waals surface area contributed by atoms with Crippen molar-refractivity contribution in [3.05, 3.63) is 109 Å². The van der Waals surface area contributed by atoms with Gasteiger partial charge in [-0.25, -0.2) is 4.99 Å². The monoisotopic (exact) mass is 585 g/mol. The van der Waals surface area contributed by atoms with Crippen LogP contribution in [-0.2, 0) is 4.79 Å². The molecule has 0 radical (unpaired) electrons. The van der Waals surface area contributed by atoms with E-state index in [0.717, 1.165) is 5.56 Å². The predicted octanol–water partition coefficient (Wildman–Crippen LogP) is 4.30. The van der Waals surface area contributed by atoms with Crippen LogP contribution in [0, 0.1) is 0 Å². The van der Waals surface area contributed by atoms with Gasteiger partial charge in [-0.05, 0) is 61.9 Å². The number of hydrogen-bond acceptors (Lipinski definition) is 8. The first-order chi connectivity index (χ1) is 20.4. The van der Waals surface area contributed by atoms with Crippen LogP contribution in [0.15, 0.2) is 87.8 Å². The summed E-state index contributed by atoms with van der Waals surface area (Å²) in [4.78, 5) is 33.1. The zero-order valence-electron chi connectivity index (χ0n) is 24.0. The Labute approximate surface area is 247 Å². The van der Waals surface area contributed by atoms with E-state index in [1.54, 1.807) is 69.2 Å². The second kappa shape index (κ2) is 12.4. The Balaban J connectivity index is 1.70. The second-order valence-corrected chi connectivity index (χ2v) is 10.4. The SMILES string of the molecule is CCOc1cc(/C=c2\sc3n(c2=O)[C@H](c2ccc(OC)cc2OC)C(C(=O)Nc2ccccc2)=C(C)N=3)ccc1OC. The minimum Gasteiger partial charge on any atom is -0.497 e. The molecule has 0 fully saturated rings. The average Bonchev–Trinajstić information content (AvgIpc) is 3.30. The van der Waals surface area contributed by atoms with Crippen molar-refractivity contribution in [1.29, 1.82) is 0 Å². The molecule has 1 atom stereocenters. The molecule has 42 heavy (non-hydrogen) atoms. The molecule has 5 rings (SSSR count). The van der Waals surface area contributed by atoms with E-state index in [4.69, 9.17) is 23.9 Å². The van der Waals surface area contributed by atoms with Gasteiger partial charge in [0.2, 0.25) is 0 Å². The topological polar surface area (TPSA) is 100 Å². The zero-order valence-corrected chi connectivity index (χ0v) is 24.8. The van der Waals surface area contributed by atoms with Gasteiger partial charge in [-0.1, -0.05) is 35.6 Å². The molecule has 0 aliphatic carbocycles. The first-order valence-corrected chi connectivity index (χ1v) is 14.1. The van der Waals surface area contributed by atoms with Crippen LogP contribution in [-0.4, -0.2) is 38.4 Å². The molecular formula is C32H31N3O6S. The van der Waals surface area contributed by atoms with Crippen molar-refractivity contribution in [1.82, 2.24) is 4.57 Å². The number of carbonyl (C=O) groups is 1. The predicted molar refractivity (Wildman–Crippen MR) is 163 cm³/mol. The van der Waals surface area contributed by atoms with Crippen molar-refractivity contribution in [3.63, 3.8) is 0 Å². The number of para-hydroxylation sites is 1. The van der Waals surface area contributed by atoms with Crippen LogP contribution in [0.25, 0.3) is 6.08 Å². The van der Waals surface area contributed by atoms with Gasteiger partial charge in [0.1, 0.15) is 17.5 Å². The third kappa shape index (κ3) is 5.53. The maximum atomic E-state index is 14.1. The van der Waals surface area contributed by atoms with Crippen molar-refractivity contribution in [2.45, 2.75) is 19.9 Å². The zero-order chi connectivity index (χ0) is 29.8. The van der Waals surface area contributed by atoms with E-state index in [-0.39, 0.29) is 11.5 Å². The summed E-state index contributed by atoms with van der Waals surface area (Å²) in [5.74, 6) is 1.88. The summed E-state index contributed by atoms with van der Waals surface area (Å²) in [5, 5.41) is 2.96. The van der Waals surface area contributed by atoms with Gasteiger partial charge in [0.05, 0.1) is 43.7 Å². The number of nitrogens with zero attached hydrogens (tertiary/aromatic N) is 2. The molecule has 1 amide bonds. The standard InChI is InChI=1S/C32H31N3O6S/c1-6-41-26-16-20(12-15-24(26)39-4)17-27-31(37)35-29(23-14-13-22(38-3)18-25(23)40-5)28(19(2)33-32(35)42-27)30(36)34-21-10-8-7-9-11-21/h7-18,29H,6H2,1-5H3,(H,34,36)/b27-17-/t29-/m1/s1. The molecular weight excluding hydrogens is 554 g/mol. The number of hydrogen-bond donors (Lipinski definition) is 1. The maximum absolute atomic E-state index is 14.1. The van der Waals surface area contributed by atoms with Crippen LogP contribution in [0.4, 0.5) is 5.69 Å². The molecule has 1 aliphatic rings. The minimum atomic E-state index is -0.803. The lowest BCUT2D eigenvalue weighted by molar-refractivity contribution is -0.113. The molecule has 1 aliphatic heterocycles. The van der Waals surface area contributed by atoms with Crippen molar-refractivity contribution >= 4 is 29.0 Å². The van der Waals surface area contributed by atoms with E-state index in [2.05, 4.69) is 5.32 Å². The lowest BCUT2D eigenvalue weighted by Crippen LogP contribution is -2.40. The number of ether oxygens (including phenoxy) is 4. The fraction of sp³-hybridized carbons (Fsp3) is 0.219. The van der Waals surface area contributed by atoms with Crippen molar-refractivity contribution in [2.24, 2.45) is 4.99 Å². The van der Waals surface area contributed by atoms with E-state index >= 15 is 0 Å². The first-order valence-electron chi connectivity index (χ1n) is 13.3. The number of nitrogens with one attached hydrogen (secondary N) is 1. The largest absolute Gasteiger partial charge is 0.497 e. The van der Waals surface area contributed by atoms with E-state index in [1.165, 1.54) is 11.3 Å². The molecule has 9 nitrogen and oxygen atoms in total. The lowest BCUT2D eigenvalue weighted by Gasteiger charge is -2.26. The number of methoxy groups -OCH3 is 3. The number of benzene rings is 3. The number of fused-ring (bicyclic) bond motifs is 1. The molecule has 216 valence electrons. The highest BCUT2D eigenvalue weighted by atomic mass is 32.1. The smallest absolute Gasteiger partial charge is 0.271 e. The molecule has 0 unspecified atom stereocenters. The maximum Gasteiger partial charge on any atom is 0.271 e. The Kier molecular flexibility index (Phi) is 8.44. The van der Waals surface area contributed by atoms with E-state index in [0.29, 0.717) is 61.5 Å². The van der Waals surface area contributed by atoms with Crippen LogP contribution >= 0.6 is 11.3 Å². The lowest BCUT2D eigenvalue weighted by atomic mass is 9.94. The summed E-state index contributed by atoms with van der Waals surface area (Å²) < 4.78 is 24.3. The molecule has 1 N–H and O–H groups in total. The summed E-state index contributed by atoms with van der Waals surface area (Å²) in [5.41, 5.74) is 2.58. The number of aromatic nitrogens is 1. The number of carbonyl (C=O) groups excluding carboxylic acids is 1. The normalized spacial score (nSPS) is 14.6. The highest BCUT2D eigenvalue weighted by Gasteiger charge is 2.34. The Hall–Kier alpha value is -4.83. The van der Waals surface area contributed by atoms with Crippen LogP contribution in [0.5, 0.6) is 23.0 Å². The molecule has 10 heteroatoms. The van der Waals surface area contributed by atoms with Gasteiger partial charge in [-0.15, -0.1) is 0 Å². The number of rotatable bonds is 9. The third-order valence-corrected chi connectivity index (χ3v) is 7.80. The van der Waals surface area contributed by atoms with Gasteiger partial charge >= 0.3 is 0 Å². The van der Waals surface area contributed by atoms with Crippen LogP contribution in [0.3, 0.4) is 0 Å². The van der Waals surface area contributed by atoms with Crippen LogP contribution in [0.1, 0.15) is 31.0 Å². The van der Waals surface area contributed by atoms with Gasteiger partial charge in [0.25, 0.3) is 11.5 Å². The molecule has 0 saturated carbocycles. The Morgan fingerprint density at radius 2 is 1.74 bits per heavy atom. The van der Waals surface area contributed by atoms with Crippen molar-refractivity contribution in [2.75, 3.05) is 33.3 Å². The molecule has 0 saturated heterocycles. The molecule has 2 heterocycles. The summed E-state index contributed by atoms with van der Waals surface area (Å²) in [6, 6.07) is 19.2. The fourth-order valence-electron chi connectivity index (χ4n) is 4.87. The molecule has 4 aromatic rings. The number of amides is 1. The van der Waals surface area contributed by atoms with E-state index in [9.17, 15) is 9.59 Å². The summed E-state index contributed by atoms with van der Waals surface area (Å²) in [6.07, 6.45) is 1.79. The van der Waals surface area contributed by atoms with Crippen molar-refractivity contribution < 1.29 is 23.7 Å². The summed E-state index contributed by atoms with van der Waals surface area (Å²) in [7, 11) is 4.69. The highest BCUT2D eigenvalue weighted by molar-refractivity contribution is 7.07. The summed E-state index contributed by atoms with van der Waals surface area (Å²) in [6.45, 7) is 4.14. The van der Waals surface area contributed by atoms with E-state index < -0.39 is 6.04 Å². The quantitative estimate of drug-likeness (QED) is 0.315. The highest BCUT2D eigenvalue weighted by Crippen LogP contribution is 2.37. The van der Waals surface area contributed by atoms with Gasteiger partial charge in [-0.3, -0.25) is 14.2 Å².